The average Bonchev–Trinajstić information content (AvgIpc) is 2.80. The first-order chi connectivity index (χ1) is 16.7. The lowest BCUT2D eigenvalue weighted by Crippen LogP contribution is -2.65. The van der Waals surface area contributed by atoms with Crippen molar-refractivity contribution in [3.8, 4) is 0 Å². The summed E-state index contributed by atoms with van der Waals surface area (Å²) in [4.78, 5) is 13.6. The minimum atomic E-state index is -0.433. The monoisotopic (exact) mass is 500 g/mol. The molecule has 0 aromatic rings. The Morgan fingerprint density at radius 2 is 1.64 bits per heavy atom. The van der Waals surface area contributed by atoms with Crippen molar-refractivity contribution in [3.05, 3.63) is 11.6 Å². The third-order valence-electron chi connectivity index (χ3n) is 13.3. The third kappa shape index (κ3) is 3.41. The number of esters is 1. The van der Waals surface area contributed by atoms with Crippen molar-refractivity contribution in [2.24, 2.45) is 50.2 Å². The summed E-state index contributed by atoms with van der Waals surface area (Å²) in [6.45, 7) is 17.1. The number of fused-ring (bicyclic) bond motifs is 7. The van der Waals surface area contributed by atoms with Crippen molar-refractivity contribution < 1.29 is 19.7 Å². The molecule has 0 amide bonds. The second kappa shape index (κ2) is 8.31. The summed E-state index contributed by atoms with van der Waals surface area (Å²) in [5, 5.41) is 20.3. The van der Waals surface area contributed by atoms with Crippen LogP contribution in [0.3, 0.4) is 0 Å². The Morgan fingerprint density at radius 3 is 2.33 bits per heavy atom. The second-order valence-corrected chi connectivity index (χ2v) is 15.6. The van der Waals surface area contributed by atoms with Gasteiger partial charge in [0.05, 0.1) is 18.1 Å². The number of aliphatic hydroxyl groups excluding tert-OH is 2. The Hall–Kier alpha value is -0.870. The Morgan fingerprint density at radius 1 is 0.944 bits per heavy atom. The van der Waals surface area contributed by atoms with E-state index >= 15 is 0 Å². The van der Waals surface area contributed by atoms with E-state index in [1.165, 1.54) is 12.8 Å². The average molecular weight is 501 g/mol. The molecule has 5 aliphatic rings. The molecule has 0 unspecified atom stereocenters. The van der Waals surface area contributed by atoms with Gasteiger partial charge in [0, 0.05) is 0 Å². The van der Waals surface area contributed by atoms with E-state index in [-0.39, 0.29) is 58.3 Å². The topological polar surface area (TPSA) is 66.8 Å². The highest BCUT2D eigenvalue weighted by molar-refractivity contribution is 5.78. The lowest BCUT2D eigenvalue weighted by atomic mass is 9.33. The van der Waals surface area contributed by atoms with Gasteiger partial charge in [-0.3, -0.25) is 4.79 Å². The van der Waals surface area contributed by atoms with E-state index in [2.05, 4.69) is 54.5 Å². The lowest BCUT2D eigenvalue weighted by Gasteiger charge is -2.71. The summed E-state index contributed by atoms with van der Waals surface area (Å²) in [7, 11) is 0. The number of carbonyl (C=O) groups is 1. The van der Waals surface area contributed by atoms with Gasteiger partial charge in [-0.05, 0) is 109 Å². The van der Waals surface area contributed by atoms with Gasteiger partial charge in [-0.2, -0.15) is 0 Å². The summed E-state index contributed by atoms with van der Waals surface area (Å²) >= 11 is 0. The van der Waals surface area contributed by atoms with Gasteiger partial charge in [0.25, 0.3) is 0 Å². The van der Waals surface area contributed by atoms with E-state index in [1.54, 1.807) is 5.57 Å². The highest BCUT2D eigenvalue weighted by Crippen LogP contribution is 2.75. The summed E-state index contributed by atoms with van der Waals surface area (Å²) in [5.74, 6) is 1.33. The molecule has 4 saturated carbocycles. The predicted octanol–water partition coefficient (Wildman–Crippen LogP) is 6.68. The molecular formula is C32H52O4. The molecule has 0 bridgehead atoms. The van der Waals surface area contributed by atoms with Crippen molar-refractivity contribution in [2.75, 3.05) is 13.2 Å². The number of carbonyl (C=O) groups excluding carboxylic acids is 1. The smallest absolute Gasteiger partial charge is 0.312 e. The fourth-order valence-electron chi connectivity index (χ4n) is 10.9. The van der Waals surface area contributed by atoms with Crippen LogP contribution in [0.4, 0.5) is 0 Å². The zero-order valence-corrected chi connectivity index (χ0v) is 24.1. The second-order valence-electron chi connectivity index (χ2n) is 15.6. The van der Waals surface area contributed by atoms with E-state index in [4.69, 9.17) is 4.74 Å². The van der Waals surface area contributed by atoms with Crippen LogP contribution in [0.5, 0.6) is 0 Å². The number of allylic oxidation sites excluding steroid dienone is 2. The quantitative estimate of drug-likeness (QED) is 0.335. The Kier molecular flexibility index (Phi) is 6.17. The summed E-state index contributed by atoms with van der Waals surface area (Å²) < 4.78 is 5.68. The fraction of sp³-hybridized carbons (Fsp3) is 0.906. The molecule has 5 aliphatic carbocycles. The van der Waals surface area contributed by atoms with Crippen LogP contribution in [-0.4, -0.2) is 35.5 Å². The molecule has 0 aromatic carbocycles. The first kappa shape index (κ1) is 26.7. The number of hydrogen-bond donors (Lipinski definition) is 2. The zero-order valence-electron chi connectivity index (χ0n) is 24.1. The molecule has 4 fully saturated rings. The first-order valence-electron chi connectivity index (χ1n) is 14.8. The van der Waals surface area contributed by atoms with Crippen molar-refractivity contribution in [2.45, 2.75) is 119 Å². The Bertz CT molecular complexity index is 934. The van der Waals surface area contributed by atoms with Crippen LogP contribution in [0.2, 0.25) is 0 Å². The first-order valence-corrected chi connectivity index (χ1v) is 14.8. The van der Waals surface area contributed by atoms with Gasteiger partial charge < -0.3 is 14.9 Å². The molecule has 0 heterocycles. The zero-order chi connectivity index (χ0) is 26.4. The minimum absolute atomic E-state index is 0.0369. The summed E-state index contributed by atoms with van der Waals surface area (Å²) in [5.41, 5.74) is 1.82. The van der Waals surface area contributed by atoms with Gasteiger partial charge in [-0.25, -0.2) is 0 Å². The highest BCUT2D eigenvalue weighted by atomic mass is 16.5. The van der Waals surface area contributed by atoms with Crippen LogP contribution in [0.15, 0.2) is 11.6 Å². The van der Waals surface area contributed by atoms with Crippen LogP contribution in [0.1, 0.15) is 113 Å². The molecular weight excluding hydrogens is 448 g/mol. The number of ether oxygens (including phenoxy) is 1. The summed E-state index contributed by atoms with van der Waals surface area (Å²) in [6, 6.07) is 0. The number of aliphatic hydroxyl groups is 2. The maximum absolute atomic E-state index is 13.6. The maximum atomic E-state index is 13.6. The Labute approximate surface area is 219 Å². The molecule has 8 atom stereocenters. The van der Waals surface area contributed by atoms with Gasteiger partial charge in [0.1, 0.15) is 6.61 Å². The molecule has 0 saturated heterocycles. The van der Waals surface area contributed by atoms with Gasteiger partial charge in [-0.1, -0.05) is 60.1 Å². The Balaban J connectivity index is 1.57. The van der Waals surface area contributed by atoms with E-state index in [9.17, 15) is 15.0 Å². The summed E-state index contributed by atoms with van der Waals surface area (Å²) in [6.07, 6.45) is 12.9. The minimum Gasteiger partial charge on any atom is -0.463 e. The third-order valence-corrected chi connectivity index (χ3v) is 13.3. The van der Waals surface area contributed by atoms with Crippen molar-refractivity contribution in [1.29, 1.82) is 0 Å². The van der Waals surface area contributed by atoms with Crippen molar-refractivity contribution >= 4 is 5.97 Å². The van der Waals surface area contributed by atoms with Crippen LogP contribution in [-0.2, 0) is 9.53 Å². The van der Waals surface area contributed by atoms with Gasteiger partial charge in [0.2, 0.25) is 0 Å². The van der Waals surface area contributed by atoms with Crippen LogP contribution in [0.25, 0.3) is 0 Å². The van der Waals surface area contributed by atoms with E-state index in [0.717, 1.165) is 51.4 Å². The molecule has 5 rings (SSSR count). The molecule has 36 heavy (non-hydrogen) atoms. The number of hydrogen-bond acceptors (Lipinski definition) is 4. The maximum Gasteiger partial charge on any atom is 0.312 e. The molecule has 0 aliphatic heterocycles. The van der Waals surface area contributed by atoms with Gasteiger partial charge >= 0.3 is 5.97 Å². The molecule has 0 aromatic heterocycles. The molecule has 4 nitrogen and oxygen atoms in total. The van der Waals surface area contributed by atoms with Gasteiger partial charge in [-0.15, -0.1) is 0 Å². The van der Waals surface area contributed by atoms with Crippen LogP contribution < -0.4 is 0 Å². The van der Waals surface area contributed by atoms with Crippen molar-refractivity contribution in [3.63, 3.8) is 0 Å². The normalized spacial score (nSPS) is 49.0. The van der Waals surface area contributed by atoms with Crippen molar-refractivity contribution in [1.82, 2.24) is 0 Å². The molecule has 204 valence electrons. The molecule has 0 radical (unpaired) electrons. The van der Waals surface area contributed by atoms with E-state index < -0.39 is 5.41 Å². The van der Waals surface area contributed by atoms with Crippen LogP contribution >= 0.6 is 0 Å². The largest absolute Gasteiger partial charge is 0.463 e. The van der Waals surface area contributed by atoms with Crippen LogP contribution in [0, 0.1) is 50.2 Å². The van der Waals surface area contributed by atoms with E-state index in [1.807, 2.05) is 0 Å². The number of rotatable bonds is 3. The van der Waals surface area contributed by atoms with Gasteiger partial charge in [0.15, 0.2) is 0 Å². The lowest BCUT2D eigenvalue weighted by molar-refractivity contribution is -0.206. The van der Waals surface area contributed by atoms with E-state index in [0.29, 0.717) is 11.8 Å². The molecule has 4 heteroatoms. The highest BCUT2D eigenvalue weighted by Gasteiger charge is 2.69. The molecule has 2 N–H and O–H groups in total. The predicted molar refractivity (Wildman–Crippen MR) is 143 cm³/mol. The fourth-order valence-corrected chi connectivity index (χ4v) is 10.9. The molecule has 0 spiro atoms. The standard InChI is InChI=1S/C32H52O4/c1-27(2)14-16-32(26(35)36-19-18-33)17-15-30(6)21(22(32)20-27)8-9-24-29(5)12-11-25(34)28(3,4)23(29)10-13-31(24,30)7/h8,22-25,33-34H,9-20H2,1-7H3/t22-,23-,24+,25-,29-,30+,31+,32-/m0/s1. The SMILES string of the molecule is CC1(C)CC[C@]2(C(=O)OCCO)CC[C@]3(C)C(=CC[C@@H]4[C@@]5(C)CC[C@H](O)C(C)(C)[C@@H]5CC[C@]43C)[C@@H]2C1.